The molecule has 0 aliphatic heterocycles. The topological polar surface area (TPSA) is 117 Å². The highest BCUT2D eigenvalue weighted by Gasteiger charge is 2.16. The van der Waals surface area contributed by atoms with E-state index in [0.717, 1.165) is 16.0 Å². The summed E-state index contributed by atoms with van der Waals surface area (Å²) in [5, 5.41) is 11.7. The number of aryl methyl sites for hydroxylation is 2. The van der Waals surface area contributed by atoms with E-state index in [9.17, 15) is 14.4 Å². The molecule has 1 N–H and O–H groups in total. The summed E-state index contributed by atoms with van der Waals surface area (Å²) in [6, 6.07) is 0. The van der Waals surface area contributed by atoms with Gasteiger partial charge in [-0.25, -0.2) is 9.78 Å². The predicted octanol–water partition coefficient (Wildman–Crippen LogP) is -0.514. The van der Waals surface area contributed by atoms with Crippen molar-refractivity contribution in [2.45, 2.75) is 19.9 Å². The second-order valence-corrected chi connectivity index (χ2v) is 6.22. The van der Waals surface area contributed by atoms with Crippen molar-refractivity contribution in [2.24, 2.45) is 14.1 Å². The van der Waals surface area contributed by atoms with Gasteiger partial charge in [0.15, 0.2) is 11.2 Å². The first-order valence-electron chi connectivity index (χ1n) is 7.15. The Labute approximate surface area is 139 Å². The summed E-state index contributed by atoms with van der Waals surface area (Å²) >= 11 is 1.30. The Morgan fingerprint density at radius 1 is 1.25 bits per heavy atom. The number of rotatable bonds is 4. The van der Waals surface area contributed by atoms with Crippen LogP contribution in [-0.2, 0) is 31.9 Å². The molecule has 11 heteroatoms. The molecule has 3 rings (SSSR count). The third kappa shape index (κ3) is 2.62. The van der Waals surface area contributed by atoms with E-state index in [4.69, 9.17) is 0 Å². The lowest BCUT2D eigenvalue weighted by Gasteiger charge is -2.06. The molecule has 0 unspecified atom stereocenters. The van der Waals surface area contributed by atoms with Gasteiger partial charge in [-0.05, 0) is 6.42 Å². The first-order valence-corrected chi connectivity index (χ1v) is 7.97. The molecule has 0 fully saturated rings. The molecule has 0 aliphatic carbocycles. The average Bonchev–Trinajstić information content (AvgIpc) is 3.17. The minimum atomic E-state index is -0.498. The Morgan fingerprint density at radius 2 is 2.00 bits per heavy atom. The van der Waals surface area contributed by atoms with E-state index in [2.05, 4.69) is 20.5 Å². The quantitative estimate of drug-likeness (QED) is 0.678. The Balaban J connectivity index is 1.92. The molecule has 0 bridgehead atoms. The number of aromatic nitrogens is 6. The van der Waals surface area contributed by atoms with Crippen molar-refractivity contribution in [3.63, 3.8) is 0 Å². The second-order valence-electron chi connectivity index (χ2n) is 5.15. The maximum absolute atomic E-state index is 12.3. The van der Waals surface area contributed by atoms with Gasteiger partial charge in [0.2, 0.25) is 11.0 Å². The molecule has 0 spiro atoms. The van der Waals surface area contributed by atoms with Crippen molar-refractivity contribution in [1.29, 1.82) is 0 Å². The maximum Gasteiger partial charge on any atom is 0.332 e. The van der Waals surface area contributed by atoms with Crippen LogP contribution in [-0.4, -0.2) is 34.8 Å². The van der Waals surface area contributed by atoms with Crippen LogP contribution < -0.4 is 16.6 Å². The van der Waals surface area contributed by atoms with Gasteiger partial charge in [0.1, 0.15) is 11.6 Å². The fourth-order valence-electron chi connectivity index (χ4n) is 2.28. The molecule has 0 saturated carbocycles. The molecule has 0 saturated heterocycles. The van der Waals surface area contributed by atoms with Gasteiger partial charge >= 0.3 is 5.69 Å². The molecular weight excluding hydrogens is 334 g/mol. The highest BCUT2D eigenvalue weighted by atomic mass is 32.1. The van der Waals surface area contributed by atoms with E-state index >= 15 is 0 Å². The first-order chi connectivity index (χ1) is 11.4. The van der Waals surface area contributed by atoms with Gasteiger partial charge in [-0.15, -0.1) is 10.2 Å². The van der Waals surface area contributed by atoms with Gasteiger partial charge in [0.25, 0.3) is 5.56 Å². The van der Waals surface area contributed by atoms with Crippen LogP contribution in [0.4, 0.5) is 5.13 Å². The van der Waals surface area contributed by atoms with E-state index in [0.29, 0.717) is 5.13 Å². The molecule has 24 heavy (non-hydrogen) atoms. The fourth-order valence-corrected chi connectivity index (χ4v) is 2.97. The first kappa shape index (κ1) is 16.1. The van der Waals surface area contributed by atoms with Crippen LogP contribution in [0.5, 0.6) is 0 Å². The number of hydrogen-bond donors (Lipinski definition) is 1. The van der Waals surface area contributed by atoms with Gasteiger partial charge in [0.05, 0.1) is 6.33 Å². The lowest BCUT2D eigenvalue weighted by molar-refractivity contribution is -0.116. The summed E-state index contributed by atoms with van der Waals surface area (Å²) in [5.41, 5.74) is -0.535. The summed E-state index contributed by atoms with van der Waals surface area (Å²) in [6.07, 6.45) is 2.10. The molecule has 0 atom stereocenters. The Kier molecular flexibility index (Phi) is 4.01. The minimum absolute atomic E-state index is 0.120. The number of nitrogens with zero attached hydrogens (tertiary/aromatic N) is 6. The molecule has 0 aromatic carbocycles. The summed E-state index contributed by atoms with van der Waals surface area (Å²) < 4.78 is 3.66. The molecule has 10 nitrogen and oxygen atoms in total. The molecule has 0 radical (unpaired) electrons. The largest absolute Gasteiger partial charge is 0.332 e. The number of fused-ring (bicyclic) bond motifs is 1. The summed E-state index contributed by atoms with van der Waals surface area (Å²) in [6.45, 7) is 1.83. The Hall–Kier alpha value is -2.82. The lowest BCUT2D eigenvalue weighted by Crippen LogP contribution is -2.37. The van der Waals surface area contributed by atoms with E-state index < -0.39 is 11.2 Å². The van der Waals surface area contributed by atoms with Gasteiger partial charge < -0.3 is 4.57 Å². The number of anilines is 1. The highest BCUT2D eigenvalue weighted by molar-refractivity contribution is 7.15. The summed E-state index contributed by atoms with van der Waals surface area (Å²) in [7, 11) is 2.91. The number of amides is 1. The molecule has 3 aromatic rings. The number of hydrogen-bond acceptors (Lipinski definition) is 7. The smallest absolute Gasteiger partial charge is 0.315 e. The van der Waals surface area contributed by atoms with Gasteiger partial charge in [-0.1, -0.05) is 18.3 Å². The monoisotopic (exact) mass is 349 g/mol. The van der Waals surface area contributed by atoms with Crippen molar-refractivity contribution < 1.29 is 4.79 Å². The highest BCUT2D eigenvalue weighted by Crippen LogP contribution is 2.15. The normalized spacial score (nSPS) is 11.1. The zero-order valence-corrected chi connectivity index (χ0v) is 14.1. The van der Waals surface area contributed by atoms with Crippen LogP contribution in [0.15, 0.2) is 15.9 Å². The van der Waals surface area contributed by atoms with Crippen molar-refractivity contribution in [3.8, 4) is 0 Å². The van der Waals surface area contributed by atoms with Crippen LogP contribution in [0.2, 0.25) is 0 Å². The zero-order chi connectivity index (χ0) is 17.4. The standard InChI is InChI=1S/C13H15N7O3S/c1-4-8-16-17-12(24-8)15-7(21)5-20-6-14-10-9(20)11(22)19(3)13(23)18(10)2/h6H,4-5H2,1-3H3,(H,15,17,21). The van der Waals surface area contributed by atoms with Crippen molar-refractivity contribution in [3.05, 3.63) is 32.2 Å². The maximum atomic E-state index is 12.3. The zero-order valence-electron chi connectivity index (χ0n) is 13.3. The molecule has 3 aromatic heterocycles. The lowest BCUT2D eigenvalue weighted by atomic mass is 10.4. The van der Waals surface area contributed by atoms with Crippen LogP contribution >= 0.6 is 11.3 Å². The van der Waals surface area contributed by atoms with Crippen molar-refractivity contribution in [2.75, 3.05) is 5.32 Å². The summed E-state index contributed by atoms with van der Waals surface area (Å²) in [5.74, 6) is -0.357. The van der Waals surface area contributed by atoms with E-state index in [1.807, 2.05) is 6.92 Å². The van der Waals surface area contributed by atoms with E-state index in [1.54, 1.807) is 0 Å². The molecular formula is C13H15N7O3S. The van der Waals surface area contributed by atoms with E-state index in [-0.39, 0.29) is 23.6 Å². The van der Waals surface area contributed by atoms with Crippen LogP contribution in [0, 0.1) is 0 Å². The predicted molar refractivity (Wildman–Crippen MR) is 88.1 cm³/mol. The number of carbonyl (C=O) groups excluding carboxylic acids is 1. The third-order valence-corrected chi connectivity index (χ3v) is 4.53. The van der Waals surface area contributed by atoms with Gasteiger partial charge in [-0.2, -0.15) is 0 Å². The molecule has 1 amide bonds. The van der Waals surface area contributed by atoms with Crippen molar-refractivity contribution >= 4 is 33.5 Å². The van der Waals surface area contributed by atoms with Crippen molar-refractivity contribution in [1.82, 2.24) is 28.9 Å². The molecule has 3 heterocycles. The van der Waals surface area contributed by atoms with Gasteiger partial charge in [0, 0.05) is 14.1 Å². The van der Waals surface area contributed by atoms with Gasteiger partial charge in [-0.3, -0.25) is 24.0 Å². The fraction of sp³-hybridized carbons (Fsp3) is 0.385. The van der Waals surface area contributed by atoms with Crippen LogP contribution in [0.25, 0.3) is 11.2 Å². The minimum Gasteiger partial charge on any atom is -0.315 e. The second kappa shape index (κ2) is 6.00. The number of nitrogens with one attached hydrogen (secondary N) is 1. The summed E-state index contributed by atoms with van der Waals surface area (Å²) in [4.78, 5) is 40.4. The molecule has 0 aliphatic rings. The number of carbonyl (C=O) groups is 1. The Bertz CT molecular complexity index is 1040. The van der Waals surface area contributed by atoms with Crippen LogP contribution in [0.3, 0.4) is 0 Å². The third-order valence-electron chi connectivity index (χ3n) is 3.55. The SMILES string of the molecule is CCc1nnc(NC(=O)Cn2cnc3c2c(=O)n(C)c(=O)n3C)s1. The average molecular weight is 349 g/mol. The molecule has 126 valence electrons. The van der Waals surface area contributed by atoms with Crippen LogP contribution in [0.1, 0.15) is 11.9 Å². The Morgan fingerprint density at radius 3 is 2.67 bits per heavy atom. The van der Waals surface area contributed by atoms with E-state index in [1.165, 1.54) is 40.9 Å². The number of imidazole rings is 1.